The van der Waals surface area contributed by atoms with E-state index in [0.717, 1.165) is 5.56 Å². The van der Waals surface area contributed by atoms with E-state index in [4.69, 9.17) is 11.6 Å². The van der Waals surface area contributed by atoms with Gasteiger partial charge in [-0.15, -0.1) is 0 Å². The molecule has 4 nitrogen and oxygen atoms in total. The van der Waals surface area contributed by atoms with Gasteiger partial charge in [0.25, 0.3) is 0 Å². The van der Waals surface area contributed by atoms with Crippen molar-refractivity contribution in [3.8, 4) is 0 Å². The van der Waals surface area contributed by atoms with E-state index < -0.39 is 6.04 Å². The lowest BCUT2D eigenvalue weighted by atomic mass is 10.2. The lowest BCUT2D eigenvalue weighted by molar-refractivity contribution is -0.124. The third-order valence-electron chi connectivity index (χ3n) is 2.25. The Kier molecular flexibility index (Phi) is 4.52. The fraction of sp³-hybridized carbons (Fsp3) is 0.333. The van der Waals surface area contributed by atoms with E-state index >= 15 is 0 Å². The topological polar surface area (TPSA) is 58.2 Å². The Hall–Kier alpha value is -1.55. The summed E-state index contributed by atoms with van der Waals surface area (Å²) in [5.41, 5.74) is 1.56. The fourth-order valence-corrected chi connectivity index (χ4v) is 1.47. The predicted molar refractivity (Wildman–Crippen MR) is 68.1 cm³/mol. The summed E-state index contributed by atoms with van der Waals surface area (Å²) in [5, 5.41) is 5.77. The SMILES string of the molecule is CC(=O)N[C@@H](C)C(=O)Nc1ccc(C)c(Cl)c1. The molecule has 0 aliphatic carbocycles. The van der Waals surface area contributed by atoms with Gasteiger partial charge in [-0.1, -0.05) is 17.7 Å². The molecule has 0 heterocycles. The van der Waals surface area contributed by atoms with Crippen molar-refractivity contribution in [2.75, 3.05) is 5.32 Å². The lowest BCUT2D eigenvalue weighted by Crippen LogP contribution is -2.40. The second-order valence-corrected chi connectivity index (χ2v) is 4.28. The number of aryl methyl sites for hydroxylation is 1. The smallest absolute Gasteiger partial charge is 0.246 e. The summed E-state index contributed by atoms with van der Waals surface area (Å²) >= 11 is 5.94. The van der Waals surface area contributed by atoms with E-state index in [1.165, 1.54) is 6.92 Å². The average Bonchev–Trinajstić information content (AvgIpc) is 2.22. The minimum atomic E-state index is -0.576. The van der Waals surface area contributed by atoms with Crippen LogP contribution in [0.25, 0.3) is 0 Å². The van der Waals surface area contributed by atoms with Gasteiger partial charge in [-0.3, -0.25) is 9.59 Å². The molecule has 0 aliphatic heterocycles. The summed E-state index contributed by atoms with van der Waals surface area (Å²) in [5.74, 6) is -0.519. The molecule has 0 fully saturated rings. The summed E-state index contributed by atoms with van der Waals surface area (Å²) in [6.45, 7) is 4.87. The van der Waals surface area contributed by atoms with E-state index in [9.17, 15) is 9.59 Å². The predicted octanol–water partition coefficient (Wildman–Crippen LogP) is 2.11. The number of amides is 2. The lowest BCUT2D eigenvalue weighted by Gasteiger charge is -2.13. The summed E-state index contributed by atoms with van der Waals surface area (Å²) in [7, 11) is 0. The van der Waals surface area contributed by atoms with Crippen molar-refractivity contribution in [3.63, 3.8) is 0 Å². The number of halogens is 1. The van der Waals surface area contributed by atoms with Crippen LogP contribution in [0.1, 0.15) is 19.4 Å². The molecule has 2 amide bonds. The molecule has 0 bridgehead atoms. The van der Waals surface area contributed by atoms with Gasteiger partial charge < -0.3 is 10.6 Å². The monoisotopic (exact) mass is 254 g/mol. The molecule has 0 radical (unpaired) electrons. The summed E-state index contributed by atoms with van der Waals surface area (Å²) < 4.78 is 0. The highest BCUT2D eigenvalue weighted by atomic mass is 35.5. The Morgan fingerprint density at radius 1 is 1.35 bits per heavy atom. The maximum atomic E-state index is 11.7. The van der Waals surface area contributed by atoms with Gasteiger partial charge in [-0.2, -0.15) is 0 Å². The molecular weight excluding hydrogens is 240 g/mol. The van der Waals surface area contributed by atoms with Crippen LogP contribution in [-0.4, -0.2) is 17.9 Å². The highest BCUT2D eigenvalue weighted by Crippen LogP contribution is 2.19. The first kappa shape index (κ1) is 13.5. The van der Waals surface area contributed by atoms with Crippen LogP contribution in [0, 0.1) is 6.92 Å². The molecule has 1 aromatic carbocycles. The Morgan fingerprint density at radius 3 is 2.53 bits per heavy atom. The summed E-state index contributed by atoms with van der Waals surface area (Å²) in [6, 6.07) is 4.68. The number of rotatable bonds is 3. The molecule has 0 unspecified atom stereocenters. The van der Waals surface area contributed by atoms with Crippen molar-refractivity contribution in [3.05, 3.63) is 28.8 Å². The normalized spacial score (nSPS) is 11.8. The average molecular weight is 255 g/mol. The Bertz CT molecular complexity index is 446. The largest absolute Gasteiger partial charge is 0.345 e. The van der Waals surface area contributed by atoms with Crippen LogP contribution in [0.15, 0.2) is 18.2 Å². The molecule has 0 aromatic heterocycles. The molecule has 1 atom stereocenters. The number of hydrogen-bond donors (Lipinski definition) is 2. The number of benzene rings is 1. The zero-order valence-electron chi connectivity index (χ0n) is 10.0. The Labute approximate surface area is 105 Å². The van der Waals surface area contributed by atoms with Gasteiger partial charge in [0, 0.05) is 17.6 Å². The molecule has 0 saturated carbocycles. The summed E-state index contributed by atoms with van der Waals surface area (Å²) in [6.07, 6.45) is 0. The van der Waals surface area contributed by atoms with Gasteiger partial charge in [0.15, 0.2) is 0 Å². The Balaban J connectivity index is 2.67. The molecule has 1 rings (SSSR count). The first-order valence-corrected chi connectivity index (χ1v) is 5.62. The zero-order chi connectivity index (χ0) is 13.0. The standard InChI is InChI=1S/C12H15ClN2O2/c1-7-4-5-10(6-11(7)13)15-12(17)8(2)14-9(3)16/h4-6,8H,1-3H3,(H,14,16)(H,15,17)/t8-/m0/s1. The van der Waals surface area contributed by atoms with E-state index in [2.05, 4.69) is 10.6 Å². The van der Waals surface area contributed by atoms with E-state index in [1.54, 1.807) is 19.1 Å². The van der Waals surface area contributed by atoms with E-state index in [1.807, 2.05) is 13.0 Å². The van der Waals surface area contributed by atoms with Crippen molar-refractivity contribution in [2.24, 2.45) is 0 Å². The number of carbonyl (C=O) groups is 2. The van der Waals surface area contributed by atoms with Crippen molar-refractivity contribution >= 4 is 29.1 Å². The van der Waals surface area contributed by atoms with Crippen molar-refractivity contribution in [1.82, 2.24) is 5.32 Å². The number of nitrogens with one attached hydrogen (secondary N) is 2. The maximum Gasteiger partial charge on any atom is 0.246 e. The van der Waals surface area contributed by atoms with Crippen LogP contribution >= 0.6 is 11.6 Å². The van der Waals surface area contributed by atoms with Crippen LogP contribution in [0.3, 0.4) is 0 Å². The van der Waals surface area contributed by atoms with Gasteiger partial charge in [0.2, 0.25) is 11.8 Å². The van der Waals surface area contributed by atoms with Crippen LogP contribution in [0.4, 0.5) is 5.69 Å². The first-order valence-electron chi connectivity index (χ1n) is 5.24. The minimum Gasteiger partial charge on any atom is -0.345 e. The van der Waals surface area contributed by atoms with Gasteiger partial charge in [0.05, 0.1) is 0 Å². The molecule has 1 aromatic rings. The molecule has 17 heavy (non-hydrogen) atoms. The van der Waals surface area contributed by atoms with Gasteiger partial charge in [0.1, 0.15) is 6.04 Å². The number of carbonyl (C=O) groups excluding carboxylic acids is 2. The minimum absolute atomic E-state index is 0.241. The fourth-order valence-electron chi connectivity index (χ4n) is 1.29. The van der Waals surface area contributed by atoms with E-state index in [0.29, 0.717) is 10.7 Å². The van der Waals surface area contributed by atoms with E-state index in [-0.39, 0.29) is 11.8 Å². The van der Waals surface area contributed by atoms with Gasteiger partial charge >= 0.3 is 0 Å². The number of anilines is 1. The molecule has 0 spiro atoms. The van der Waals surface area contributed by atoms with Crippen molar-refractivity contribution in [1.29, 1.82) is 0 Å². The third-order valence-corrected chi connectivity index (χ3v) is 2.66. The highest BCUT2D eigenvalue weighted by molar-refractivity contribution is 6.31. The molecule has 92 valence electrons. The molecule has 0 aliphatic rings. The molecular formula is C12H15ClN2O2. The first-order chi connectivity index (χ1) is 7.90. The van der Waals surface area contributed by atoms with Crippen molar-refractivity contribution in [2.45, 2.75) is 26.8 Å². The van der Waals surface area contributed by atoms with Crippen LogP contribution in [0.5, 0.6) is 0 Å². The zero-order valence-corrected chi connectivity index (χ0v) is 10.8. The maximum absolute atomic E-state index is 11.7. The molecule has 2 N–H and O–H groups in total. The second-order valence-electron chi connectivity index (χ2n) is 3.88. The van der Waals surface area contributed by atoms with Crippen LogP contribution in [0.2, 0.25) is 5.02 Å². The molecule has 5 heteroatoms. The highest BCUT2D eigenvalue weighted by Gasteiger charge is 2.13. The molecule has 0 saturated heterocycles. The third kappa shape index (κ3) is 4.07. The van der Waals surface area contributed by atoms with Gasteiger partial charge in [-0.05, 0) is 31.5 Å². The second kappa shape index (κ2) is 5.68. The van der Waals surface area contributed by atoms with Crippen molar-refractivity contribution < 1.29 is 9.59 Å². The van der Waals surface area contributed by atoms with Crippen LogP contribution < -0.4 is 10.6 Å². The quantitative estimate of drug-likeness (QED) is 0.868. The van der Waals surface area contributed by atoms with Crippen LogP contribution in [-0.2, 0) is 9.59 Å². The Morgan fingerprint density at radius 2 is 2.00 bits per heavy atom. The van der Waals surface area contributed by atoms with Gasteiger partial charge in [-0.25, -0.2) is 0 Å². The summed E-state index contributed by atoms with van der Waals surface area (Å²) in [4.78, 5) is 22.5. The number of hydrogen-bond acceptors (Lipinski definition) is 2.